The first kappa shape index (κ1) is 17.7. The second kappa shape index (κ2) is 6.78. The molecule has 10 nitrogen and oxygen atoms in total. The van der Waals surface area contributed by atoms with E-state index in [4.69, 9.17) is 4.74 Å². The lowest BCUT2D eigenvalue weighted by Crippen LogP contribution is -2.25. The predicted octanol–water partition coefficient (Wildman–Crippen LogP) is 1.61. The van der Waals surface area contributed by atoms with Crippen LogP contribution in [0.5, 0.6) is 11.5 Å². The normalized spacial score (nSPS) is 10.9. The number of fused-ring (bicyclic) bond motifs is 1. The highest BCUT2D eigenvalue weighted by Crippen LogP contribution is 2.22. The summed E-state index contributed by atoms with van der Waals surface area (Å²) in [7, 11) is 1.45. The second-order valence-corrected chi connectivity index (χ2v) is 6.60. The Bertz CT molecular complexity index is 1260. The van der Waals surface area contributed by atoms with Crippen molar-refractivity contribution in [2.75, 3.05) is 12.4 Å². The second-order valence-electron chi connectivity index (χ2n) is 5.76. The zero-order chi connectivity index (χ0) is 19.8. The molecular weight excluding hydrogens is 384 g/mol. The minimum atomic E-state index is -0.753. The van der Waals surface area contributed by atoms with Crippen molar-refractivity contribution in [1.29, 1.82) is 0 Å². The van der Waals surface area contributed by atoms with Crippen LogP contribution in [0.3, 0.4) is 0 Å². The highest BCUT2D eigenvalue weighted by molar-refractivity contribution is 7.15. The molecule has 11 heteroatoms. The highest BCUT2D eigenvalue weighted by atomic mass is 32.1. The smallest absolute Gasteiger partial charge is 0.282 e. The highest BCUT2D eigenvalue weighted by Gasteiger charge is 2.20. The molecule has 1 aromatic carbocycles. The number of methoxy groups -OCH3 is 1. The third kappa shape index (κ3) is 2.97. The van der Waals surface area contributed by atoms with Crippen LogP contribution < -0.4 is 15.6 Å². The van der Waals surface area contributed by atoms with Crippen molar-refractivity contribution in [2.45, 2.75) is 6.92 Å². The number of aromatic nitrogens is 5. The zero-order valence-electron chi connectivity index (χ0n) is 14.8. The molecule has 142 valence electrons. The van der Waals surface area contributed by atoms with Gasteiger partial charge in [-0.25, -0.2) is 4.52 Å². The fourth-order valence-electron chi connectivity index (χ4n) is 2.59. The number of rotatable bonds is 4. The molecule has 3 heterocycles. The van der Waals surface area contributed by atoms with Crippen molar-refractivity contribution in [3.63, 3.8) is 0 Å². The van der Waals surface area contributed by atoms with Gasteiger partial charge < -0.3 is 9.84 Å². The molecule has 0 radical (unpaired) electrons. The van der Waals surface area contributed by atoms with Crippen LogP contribution in [0.15, 0.2) is 40.5 Å². The summed E-state index contributed by atoms with van der Waals surface area (Å²) in [6.07, 6.45) is 0. The first-order valence-electron chi connectivity index (χ1n) is 8.07. The van der Waals surface area contributed by atoms with Gasteiger partial charge in [-0.3, -0.25) is 14.9 Å². The topological polar surface area (TPSA) is 124 Å². The van der Waals surface area contributed by atoms with Gasteiger partial charge in [0, 0.05) is 11.4 Å². The van der Waals surface area contributed by atoms with Gasteiger partial charge in [-0.1, -0.05) is 12.1 Å². The van der Waals surface area contributed by atoms with E-state index in [9.17, 15) is 14.7 Å². The predicted molar refractivity (Wildman–Crippen MR) is 102 cm³/mol. The SMILES string of the molecule is COc1ccccc1-n1nc(C(=O)Nc2nc3scc(C)n3n2)c(O)cc1=O. The first-order chi connectivity index (χ1) is 13.5. The quantitative estimate of drug-likeness (QED) is 0.535. The molecule has 0 spiro atoms. The minimum absolute atomic E-state index is 0.0659. The standard InChI is InChI=1S/C17H14N6O4S/c1-9-8-28-17-19-16(21-22(9)17)18-15(26)14-11(24)7-13(25)23(20-14)10-5-3-4-6-12(10)27-2/h3-8,24H,1-2H3,(H,18,21,26). The number of nitrogens with one attached hydrogen (secondary N) is 1. The average Bonchev–Trinajstić information content (AvgIpc) is 3.23. The lowest BCUT2D eigenvalue weighted by Gasteiger charge is -2.11. The summed E-state index contributed by atoms with van der Waals surface area (Å²) in [6, 6.07) is 7.61. The minimum Gasteiger partial charge on any atom is -0.505 e. The molecule has 28 heavy (non-hydrogen) atoms. The number of aromatic hydroxyl groups is 1. The molecule has 0 unspecified atom stereocenters. The van der Waals surface area contributed by atoms with Crippen molar-refractivity contribution in [3.8, 4) is 17.2 Å². The van der Waals surface area contributed by atoms with Crippen LogP contribution >= 0.6 is 11.3 Å². The van der Waals surface area contributed by atoms with Crippen LogP contribution in [0, 0.1) is 6.92 Å². The van der Waals surface area contributed by atoms with E-state index in [0.717, 1.165) is 16.4 Å². The number of nitrogens with zero attached hydrogens (tertiary/aromatic N) is 5. The molecule has 0 fully saturated rings. The molecule has 0 aliphatic heterocycles. The Labute approximate surface area is 161 Å². The molecule has 0 atom stereocenters. The van der Waals surface area contributed by atoms with Gasteiger partial charge in [0.15, 0.2) is 11.4 Å². The summed E-state index contributed by atoms with van der Waals surface area (Å²) in [6.45, 7) is 1.86. The van der Waals surface area contributed by atoms with E-state index in [1.807, 2.05) is 12.3 Å². The molecular formula is C17H14N6O4S. The maximum atomic E-state index is 12.6. The number of para-hydroxylation sites is 2. The lowest BCUT2D eigenvalue weighted by molar-refractivity contribution is 0.101. The maximum Gasteiger partial charge on any atom is 0.282 e. The van der Waals surface area contributed by atoms with Crippen LogP contribution in [0.1, 0.15) is 16.2 Å². The van der Waals surface area contributed by atoms with E-state index >= 15 is 0 Å². The summed E-state index contributed by atoms with van der Waals surface area (Å²) in [4.78, 5) is 29.7. The maximum absolute atomic E-state index is 12.6. The summed E-state index contributed by atoms with van der Waals surface area (Å²) in [5.74, 6) is -0.847. The summed E-state index contributed by atoms with van der Waals surface area (Å²) < 4.78 is 7.80. The van der Waals surface area contributed by atoms with Gasteiger partial charge in [0.1, 0.15) is 11.4 Å². The number of carbonyl (C=O) groups is 1. The van der Waals surface area contributed by atoms with Crippen molar-refractivity contribution in [3.05, 3.63) is 57.5 Å². The zero-order valence-corrected chi connectivity index (χ0v) is 15.6. The van der Waals surface area contributed by atoms with E-state index < -0.39 is 17.2 Å². The summed E-state index contributed by atoms with van der Waals surface area (Å²) in [5, 5.41) is 22.6. The first-order valence-corrected chi connectivity index (χ1v) is 8.95. The van der Waals surface area contributed by atoms with Crippen molar-refractivity contribution in [2.24, 2.45) is 0 Å². The van der Waals surface area contributed by atoms with E-state index in [2.05, 4.69) is 20.5 Å². The number of thiazole rings is 1. The molecule has 4 rings (SSSR count). The van der Waals surface area contributed by atoms with Gasteiger partial charge >= 0.3 is 0 Å². The lowest BCUT2D eigenvalue weighted by atomic mass is 10.3. The van der Waals surface area contributed by atoms with Gasteiger partial charge in [0.25, 0.3) is 17.4 Å². The Morgan fingerprint density at radius 1 is 1.29 bits per heavy atom. The molecule has 4 aromatic rings. The Kier molecular flexibility index (Phi) is 4.28. The summed E-state index contributed by atoms with van der Waals surface area (Å²) in [5.41, 5.74) is 0.245. The molecule has 1 amide bonds. The van der Waals surface area contributed by atoms with Crippen molar-refractivity contribution in [1.82, 2.24) is 24.4 Å². The Hall–Kier alpha value is -3.73. The van der Waals surface area contributed by atoms with Crippen LogP contribution in [-0.2, 0) is 0 Å². The molecule has 2 N–H and O–H groups in total. The third-order valence-corrected chi connectivity index (χ3v) is 4.85. The molecule has 0 aliphatic rings. The van der Waals surface area contributed by atoms with Gasteiger partial charge in [0.2, 0.25) is 4.96 Å². The number of hydrogen-bond acceptors (Lipinski definition) is 8. The molecule has 0 aliphatic carbocycles. The van der Waals surface area contributed by atoms with Gasteiger partial charge in [-0.05, 0) is 19.1 Å². The van der Waals surface area contributed by atoms with Crippen molar-refractivity contribution < 1.29 is 14.6 Å². The van der Waals surface area contributed by atoms with Crippen LogP contribution in [-0.4, -0.2) is 42.5 Å². The van der Waals surface area contributed by atoms with Crippen LogP contribution in [0.25, 0.3) is 10.6 Å². The van der Waals surface area contributed by atoms with E-state index in [0.29, 0.717) is 16.4 Å². The summed E-state index contributed by atoms with van der Waals surface area (Å²) >= 11 is 1.38. The molecule has 0 saturated carbocycles. The average molecular weight is 398 g/mol. The monoisotopic (exact) mass is 398 g/mol. The number of anilines is 1. The fraction of sp³-hybridized carbons (Fsp3) is 0.118. The number of amides is 1. The molecule has 0 saturated heterocycles. The fourth-order valence-corrected chi connectivity index (χ4v) is 3.39. The Morgan fingerprint density at radius 3 is 2.82 bits per heavy atom. The molecule has 3 aromatic heterocycles. The number of hydrogen-bond donors (Lipinski definition) is 2. The number of carbonyl (C=O) groups excluding carboxylic acids is 1. The largest absolute Gasteiger partial charge is 0.505 e. The number of benzene rings is 1. The van der Waals surface area contributed by atoms with Gasteiger partial charge in [-0.2, -0.15) is 14.8 Å². The Morgan fingerprint density at radius 2 is 2.07 bits per heavy atom. The Balaban J connectivity index is 1.72. The number of aryl methyl sites for hydroxylation is 1. The number of ether oxygens (including phenoxy) is 1. The van der Waals surface area contributed by atoms with Crippen LogP contribution in [0.4, 0.5) is 5.95 Å². The van der Waals surface area contributed by atoms with E-state index in [-0.39, 0.29) is 11.6 Å². The van der Waals surface area contributed by atoms with Gasteiger partial charge in [-0.15, -0.1) is 16.4 Å². The van der Waals surface area contributed by atoms with Gasteiger partial charge in [0.05, 0.1) is 12.8 Å². The van der Waals surface area contributed by atoms with E-state index in [1.54, 1.807) is 28.8 Å². The van der Waals surface area contributed by atoms with E-state index in [1.165, 1.54) is 18.4 Å². The van der Waals surface area contributed by atoms with Crippen LogP contribution in [0.2, 0.25) is 0 Å². The van der Waals surface area contributed by atoms with Crippen molar-refractivity contribution >= 4 is 28.2 Å². The third-order valence-electron chi connectivity index (χ3n) is 3.91. The molecule has 0 bridgehead atoms.